The molecule has 1 amide bonds. The Morgan fingerprint density at radius 1 is 1.22 bits per heavy atom. The predicted octanol–water partition coefficient (Wildman–Crippen LogP) is 4.31. The second-order valence-electron chi connectivity index (χ2n) is 5.49. The molecule has 1 heterocycles. The van der Waals surface area contributed by atoms with E-state index < -0.39 is 0 Å². The summed E-state index contributed by atoms with van der Waals surface area (Å²) >= 11 is 1.61. The van der Waals surface area contributed by atoms with E-state index in [1.165, 1.54) is 5.56 Å². The van der Waals surface area contributed by atoms with Crippen LogP contribution in [0.25, 0.3) is 6.08 Å². The molecule has 0 bridgehead atoms. The van der Waals surface area contributed by atoms with E-state index in [1.807, 2.05) is 56.3 Å². The Morgan fingerprint density at radius 3 is 2.74 bits per heavy atom. The fourth-order valence-corrected chi connectivity index (χ4v) is 3.51. The zero-order valence-electron chi connectivity index (χ0n) is 13.0. The molecule has 0 saturated carbocycles. The van der Waals surface area contributed by atoms with Gasteiger partial charge in [0.05, 0.1) is 11.6 Å². The van der Waals surface area contributed by atoms with Crippen LogP contribution in [-0.4, -0.2) is 11.8 Å². The molecule has 0 aromatic heterocycles. The zero-order valence-corrected chi connectivity index (χ0v) is 13.9. The van der Waals surface area contributed by atoms with Crippen molar-refractivity contribution in [1.82, 2.24) is 0 Å². The van der Waals surface area contributed by atoms with Gasteiger partial charge < -0.3 is 0 Å². The lowest BCUT2D eigenvalue weighted by Crippen LogP contribution is -2.28. The Hall–Kier alpha value is -2.51. The Labute approximate surface area is 140 Å². The number of aryl methyl sites for hydroxylation is 2. The highest BCUT2D eigenvalue weighted by Crippen LogP contribution is 2.38. The predicted molar refractivity (Wildman–Crippen MR) is 94.2 cm³/mol. The molecule has 114 valence electrons. The van der Waals surface area contributed by atoms with Crippen molar-refractivity contribution in [2.24, 2.45) is 0 Å². The van der Waals surface area contributed by atoms with Gasteiger partial charge in [0.2, 0.25) is 0 Å². The number of rotatable bonds is 2. The number of fused-ring (bicyclic) bond motifs is 1. The first-order valence-electron chi connectivity index (χ1n) is 7.33. The topological polar surface area (TPSA) is 44.1 Å². The van der Waals surface area contributed by atoms with E-state index in [0.29, 0.717) is 5.88 Å². The Kier molecular flexibility index (Phi) is 4.22. The van der Waals surface area contributed by atoms with Crippen LogP contribution in [0.15, 0.2) is 52.9 Å². The summed E-state index contributed by atoms with van der Waals surface area (Å²) in [5.74, 6) is 0.299. The standard InChI is InChI=1S/C19H16N2OS/c1-13-7-8-15(9-14(13)2)10-16(11-20)19(22)21-12-23-18-6-4-3-5-17(18)21/h3-10H,12H2,1-2H3/b16-10+. The third kappa shape index (κ3) is 3.01. The molecule has 0 aliphatic carbocycles. The van der Waals surface area contributed by atoms with Gasteiger partial charge in [0, 0.05) is 4.90 Å². The number of nitriles is 1. The van der Waals surface area contributed by atoms with Crippen molar-refractivity contribution in [3.63, 3.8) is 0 Å². The highest BCUT2D eigenvalue weighted by atomic mass is 32.2. The number of hydrogen-bond donors (Lipinski definition) is 0. The van der Waals surface area contributed by atoms with Crippen LogP contribution in [0.1, 0.15) is 16.7 Å². The van der Waals surface area contributed by atoms with Crippen LogP contribution in [-0.2, 0) is 4.79 Å². The van der Waals surface area contributed by atoms with Crippen LogP contribution in [0.2, 0.25) is 0 Å². The van der Waals surface area contributed by atoms with Crippen LogP contribution >= 0.6 is 11.8 Å². The summed E-state index contributed by atoms with van der Waals surface area (Å²) in [5.41, 5.74) is 4.25. The fraction of sp³-hybridized carbons (Fsp3) is 0.158. The van der Waals surface area contributed by atoms with E-state index in [2.05, 4.69) is 6.07 Å². The maximum Gasteiger partial charge on any atom is 0.269 e. The number of para-hydroxylation sites is 1. The molecule has 3 rings (SSSR count). The number of amides is 1. The van der Waals surface area contributed by atoms with Crippen molar-refractivity contribution >= 4 is 29.4 Å². The van der Waals surface area contributed by atoms with E-state index in [4.69, 9.17) is 0 Å². The smallest absolute Gasteiger partial charge is 0.269 e. The van der Waals surface area contributed by atoms with E-state index in [1.54, 1.807) is 22.7 Å². The summed E-state index contributed by atoms with van der Waals surface area (Å²) in [5, 5.41) is 9.42. The number of benzene rings is 2. The minimum Gasteiger partial charge on any atom is -0.297 e. The van der Waals surface area contributed by atoms with Crippen molar-refractivity contribution in [3.05, 3.63) is 64.7 Å². The van der Waals surface area contributed by atoms with Gasteiger partial charge in [0.15, 0.2) is 0 Å². The van der Waals surface area contributed by atoms with Crippen molar-refractivity contribution in [1.29, 1.82) is 5.26 Å². The number of carbonyl (C=O) groups excluding carboxylic acids is 1. The third-order valence-corrected chi connectivity index (χ3v) is 4.99. The first-order chi connectivity index (χ1) is 11.1. The molecule has 0 saturated heterocycles. The summed E-state index contributed by atoms with van der Waals surface area (Å²) in [4.78, 5) is 15.5. The maximum absolute atomic E-state index is 12.7. The fourth-order valence-electron chi connectivity index (χ4n) is 2.48. The van der Waals surface area contributed by atoms with E-state index in [0.717, 1.165) is 21.7 Å². The molecule has 0 fully saturated rings. The van der Waals surface area contributed by atoms with Gasteiger partial charge in [-0.05, 0) is 48.7 Å². The molecular formula is C19H16N2OS. The van der Waals surface area contributed by atoms with Gasteiger partial charge in [-0.1, -0.05) is 30.3 Å². The lowest BCUT2D eigenvalue weighted by atomic mass is 10.0. The maximum atomic E-state index is 12.7. The first-order valence-corrected chi connectivity index (χ1v) is 8.31. The monoisotopic (exact) mass is 320 g/mol. The molecule has 2 aromatic rings. The minimum atomic E-state index is -0.247. The molecule has 0 atom stereocenters. The van der Waals surface area contributed by atoms with E-state index in [9.17, 15) is 10.1 Å². The summed E-state index contributed by atoms with van der Waals surface area (Å²) < 4.78 is 0. The molecule has 3 nitrogen and oxygen atoms in total. The minimum absolute atomic E-state index is 0.158. The number of nitrogens with zero attached hydrogens (tertiary/aromatic N) is 2. The van der Waals surface area contributed by atoms with Crippen molar-refractivity contribution < 1.29 is 4.79 Å². The van der Waals surface area contributed by atoms with Crippen molar-refractivity contribution in [3.8, 4) is 6.07 Å². The number of thioether (sulfide) groups is 1. The molecule has 4 heteroatoms. The molecular weight excluding hydrogens is 304 g/mol. The van der Waals surface area contributed by atoms with Gasteiger partial charge in [-0.2, -0.15) is 5.26 Å². The quantitative estimate of drug-likeness (QED) is 0.612. The van der Waals surface area contributed by atoms with Gasteiger partial charge in [-0.25, -0.2) is 0 Å². The van der Waals surface area contributed by atoms with Gasteiger partial charge in [-0.15, -0.1) is 11.8 Å². The summed E-state index contributed by atoms with van der Waals surface area (Å²) in [7, 11) is 0. The molecule has 1 aliphatic rings. The number of hydrogen-bond acceptors (Lipinski definition) is 3. The molecule has 0 radical (unpaired) electrons. The Morgan fingerprint density at radius 2 is 2.00 bits per heavy atom. The molecule has 1 aliphatic heterocycles. The Balaban J connectivity index is 1.92. The lowest BCUT2D eigenvalue weighted by molar-refractivity contribution is -0.114. The van der Waals surface area contributed by atoms with Gasteiger partial charge in [0.25, 0.3) is 5.91 Å². The van der Waals surface area contributed by atoms with Crippen LogP contribution in [0.4, 0.5) is 5.69 Å². The summed E-state index contributed by atoms with van der Waals surface area (Å²) in [6.45, 7) is 4.06. The van der Waals surface area contributed by atoms with Crippen LogP contribution < -0.4 is 4.90 Å². The third-order valence-electron chi connectivity index (χ3n) is 3.94. The van der Waals surface area contributed by atoms with Crippen molar-refractivity contribution in [2.75, 3.05) is 10.8 Å². The Bertz CT molecular complexity index is 849. The second-order valence-corrected chi connectivity index (χ2v) is 6.47. The van der Waals surface area contributed by atoms with Gasteiger partial charge >= 0.3 is 0 Å². The second kappa shape index (κ2) is 6.31. The molecule has 0 N–H and O–H groups in total. The van der Waals surface area contributed by atoms with Crippen LogP contribution in [0, 0.1) is 25.2 Å². The molecule has 2 aromatic carbocycles. The average Bonchev–Trinajstić information content (AvgIpc) is 2.99. The molecule has 0 unspecified atom stereocenters. The molecule has 0 spiro atoms. The first kappa shape index (κ1) is 15.4. The average molecular weight is 320 g/mol. The summed E-state index contributed by atoms with van der Waals surface area (Å²) in [6, 6.07) is 15.7. The van der Waals surface area contributed by atoms with Gasteiger partial charge in [0.1, 0.15) is 11.6 Å². The largest absolute Gasteiger partial charge is 0.297 e. The van der Waals surface area contributed by atoms with Crippen molar-refractivity contribution in [2.45, 2.75) is 18.7 Å². The number of carbonyl (C=O) groups is 1. The van der Waals surface area contributed by atoms with Gasteiger partial charge in [-0.3, -0.25) is 9.69 Å². The molecule has 23 heavy (non-hydrogen) atoms. The zero-order chi connectivity index (χ0) is 16.4. The van der Waals surface area contributed by atoms with E-state index >= 15 is 0 Å². The SMILES string of the molecule is Cc1ccc(/C=C(\C#N)C(=O)N2CSc3ccccc32)cc1C. The van der Waals surface area contributed by atoms with Crippen LogP contribution in [0.3, 0.4) is 0 Å². The van der Waals surface area contributed by atoms with Crippen LogP contribution in [0.5, 0.6) is 0 Å². The number of anilines is 1. The normalized spacial score (nSPS) is 13.6. The lowest BCUT2D eigenvalue weighted by Gasteiger charge is -2.15. The van der Waals surface area contributed by atoms with E-state index in [-0.39, 0.29) is 11.5 Å². The highest BCUT2D eigenvalue weighted by molar-refractivity contribution is 8.00. The summed E-state index contributed by atoms with van der Waals surface area (Å²) in [6.07, 6.45) is 1.67. The highest BCUT2D eigenvalue weighted by Gasteiger charge is 2.27.